The number of esters is 1. The monoisotopic (exact) mass is 498 g/mol. The van der Waals surface area contributed by atoms with E-state index < -0.39 is 0 Å². The number of allylic oxidation sites excluding steroid dienone is 1. The number of imidazole rings is 1. The topological polar surface area (TPSA) is 44.1 Å². The lowest BCUT2D eigenvalue weighted by Crippen LogP contribution is -2.15. The number of aryl methyl sites for hydroxylation is 1. The van der Waals surface area contributed by atoms with E-state index in [9.17, 15) is 4.79 Å². The van der Waals surface area contributed by atoms with E-state index in [0.717, 1.165) is 76.7 Å². The first-order valence-electron chi connectivity index (χ1n) is 12.3. The van der Waals surface area contributed by atoms with Gasteiger partial charge in [-0.1, -0.05) is 62.6 Å². The average Bonchev–Trinajstić information content (AvgIpc) is 3.49. The van der Waals surface area contributed by atoms with Crippen LogP contribution in [0.5, 0.6) is 0 Å². The third-order valence-corrected chi connectivity index (χ3v) is 7.13. The van der Waals surface area contributed by atoms with E-state index in [1.165, 1.54) is 0 Å². The molecule has 0 aliphatic rings. The molecule has 34 heavy (non-hydrogen) atoms. The molecular formula is C28H35ClN2O2S. The van der Waals surface area contributed by atoms with Crippen LogP contribution in [0.1, 0.15) is 74.8 Å². The predicted octanol–water partition coefficient (Wildman–Crippen LogP) is 7.74. The largest absolute Gasteiger partial charge is 0.463 e. The van der Waals surface area contributed by atoms with Crippen molar-refractivity contribution >= 4 is 34.5 Å². The van der Waals surface area contributed by atoms with Gasteiger partial charge in [0.1, 0.15) is 5.82 Å². The highest BCUT2D eigenvalue weighted by atomic mass is 35.5. The summed E-state index contributed by atoms with van der Waals surface area (Å²) in [5.74, 6) is 0.799. The first-order chi connectivity index (χ1) is 16.6. The summed E-state index contributed by atoms with van der Waals surface area (Å²) < 4.78 is 7.80. The van der Waals surface area contributed by atoms with Crippen molar-refractivity contribution in [1.29, 1.82) is 0 Å². The molecule has 0 unspecified atom stereocenters. The number of unbranched alkanes of at least 4 members (excludes halogenated alkanes) is 2. The zero-order chi connectivity index (χ0) is 24.3. The van der Waals surface area contributed by atoms with Crippen molar-refractivity contribution < 1.29 is 9.53 Å². The van der Waals surface area contributed by atoms with Crippen molar-refractivity contribution in [2.24, 2.45) is 0 Å². The van der Waals surface area contributed by atoms with E-state index in [4.69, 9.17) is 21.3 Å². The first kappa shape index (κ1) is 26.2. The number of hydrogen-bond donors (Lipinski definition) is 0. The summed E-state index contributed by atoms with van der Waals surface area (Å²) in [4.78, 5) is 19.2. The van der Waals surface area contributed by atoms with Gasteiger partial charge >= 0.3 is 5.97 Å². The Morgan fingerprint density at radius 2 is 1.88 bits per heavy atom. The quantitative estimate of drug-likeness (QED) is 0.179. The van der Waals surface area contributed by atoms with E-state index in [-0.39, 0.29) is 5.97 Å². The van der Waals surface area contributed by atoms with Crippen molar-refractivity contribution in [3.63, 3.8) is 0 Å². The van der Waals surface area contributed by atoms with E-state index in [1.54, 1.807) is 11.3 Å². The summed E-state index contributed by atoms with van der Waals surface area (Å²) in [6.07, 6.45) is 8.40. The molecule has 0 aliphatic heterocycles. The number of halogens is 1. The molecule has 0 N–H and O–H groups in total. The van der Waals surface area contributed by atoms with Gasteiger partial charge in [-0.05, 0) is 54.8 Å². The lowest BCUT2D eigenvalue weighted by atomic mass is 9.96. The van der Waals surface area contributed by atoms with Gasteiger partial charge in [-0.3, -0.25) is 0 Å². The molecule has 0 fully saturated rings. The molecule has 3 rings (SSSR count). The molecule has 6 heteroatoms. The van der Waals surface area contributed by atoms with Crippen LogP contribution < -0.4 is 0 Å². The molecule has 0 bridgehead atoms. The molecule has 4 nitrogen and oxygen atoms in total. The summed E-state index contributed by atoms with van der Waals surface area (Å²) in [6, 6.07) is 12.0. The van der Waals surface area contributed by atoms with Crippen LogP contribution in [0.4, 0.5) is 0 Å². The van der Waals surface area contributed by atoms with Crippen molar-refractivity contribution in [3.8, 4) is 0 Å². The van der Waals surface area contributed by atoms with Gasteiger partial charge in [-0.15, -0.1) is 11.3 Å². The number of nitrogens with zero attached hydrogens (tertiary/aromatic N) is 2. The summed E-state index contributed by atoms with van der Waals surface area (Å²) >= 11 is 8.21. The van der Waals surface area contributed by atoms with Gasteiger partial charge in [0, 0.05) is 28.3 Å². The second-order valence-electron chi connectivity index (χ2n) is 8.38. The zero-order valence-electron chi connectivity index (χ0n) is 20.5. The molecule has 2 aromatic heterocycles. The normalized spacial score (nSPS) is 12.0. The Kier molecular flexibility index (Phi) is 10.4. The van der Waals surface area contributed by atoms with Crippen molar-refractivity contribution in [2.75, 3.05) is 6.61 Å². The number of rotatable bonds is 13. The van der Waals surface area contributed by atoms with Crippen molar-refractivity contribution in [3.05, 3.63) is 80.5 Å². The Balaban J connectivity index is 2.16. The summed E-state index contributed by atoms with van der Waals surface area (Å²) in [5.41, 5.74) is 3.82. The molecule has 0 aliphatic carbocycles. The van der Waals surface area contributed by atoms with Gasteiger partial charge in [-0.2, -0.15) is 0 Å². The maximum Gasteiger partial charge on any atom is 0.334 e. The average molecular weight is 499 g/mol. The van der Waals surface area contributed by atoms with Crippen LogP contribution in [-0.2, 0) is 28.9 Å². The SMILES string of the molecule is CCCCC(=C(Cc1cccs1)C(=O)OCC)c1cnc(CCCC)n1Cc1ccccc1Cl. The Labute approximate surface area is 212 Å². The Hall–Kier alpha value is -2.37. The van der Waals surface area contributed by atoms with Crippen molar-refractivity contribution in [1.82, 2.24) is 9.55 Å². The third kappa shape index (κ3) is 6.83. The summed E-state index contributed by atoms with van der Waals surface area (Å²) in [6.45, 7) is 7.20. The standard InChI is InChI=1S/C28H35ClN2O2S/c1-4-7-14-23(24(28(32)33-6-3)18-22-13-11-17-34-22)26-19-30-27(16-8-5-2)31(26)20-21-12-9-10-15-25(21)29/h9-13,15,17,19H,4-8,14,16,18,20H2,1-3H3. The van der Waals surface area contributed by atoms with Crippen LogP contribution in [0, 0.1) is 0 Å². The van der Waals surface area contributed by atoms with Crippen molar-refractivity contribution in [2.45, 2.75) is 72.3 Å². The van der Waals surface area contributed by atoms with Gasteiger partial charge in [0.25, 0.3) is 0 Å². The fourth-order valence-corrected chi connectivity index (χ4v) is 4.97. The van der Waals surface area contributed by atoms with E-state index in [1.807, 2.05) is 42.8 Å². The Morgan fingerprint density at radius 1 is 1.09 bits per heavy atom. The molecule has 0 radical (unpaired) electrons. The van der Waals surface area contributed by atoms with E-state index in [0.29, 0.717) is 19.6 Å². The Bertz CT molecular complexity index is 1090. The number of ether oxygens (including phenoxy) is 1. The second kappa shape index (κ2) is 13.5. The molecule has 182 valence electrons. The highest BCUT2D eigenvalue weighted by Crippen LogP contribution is 2.31. The molecule has 3 aromatic rings. The number of hydrogen-bond acceptors (Lipinski definition) is 4. The number of carbonyl (C=O) groups excluding carboxylic acids is 1. The lowest BCUT2D eigenvalue weighted by molar-refractivity contribution is -0.138. The van der Waals surface area contributed by atoms with Gasteiger partial charge in [0.15, 0.2) is 0 Å². The van der Waals surface area contributed by atoms with E-state index in [2.05, 4.69) is 30.5 Å². The maximum atomic E-state index is 13.2. The smallest absolute Gasteiger partial charge is 0.334 e. The molecule has 2 heterocycles. The van der Waals surface area contributed by atoms with Gasteiger partial charge in [0.2, 0.25) is 0 Å². The third-order valence-electron chi connectivity index (χ3n) is 5.89. The lowest BCUT2D eigenvalue weighted by Gasteiger charge is -2.18. The molecule has 0 atom stereocenters. The minimum absolute atomic E-state index is 0.234. The van der Waals surface area contributed by atoms with Gasteiger partial charge in [0.05, 0.1) is 25.0 Å². The van der Waals surface area contributed by atoms with E-state index >= 15 is 0 Å². The molecule has 0 spiro atoms. The molecular weight excluding hydrogens is 464 g/mol. The summed E-state index contributed by atoms with van der Waals surface area (Å²) in [7, 11) is 0. The summed E-state index contributed by atoms with van der Waals surface area (Å²) in [5, 5.41) is 2.79. The van der Waals surface area contributed by atoms with Gasteiger partial charge in [-0.25, -0.2) is 9.78 Å². The first-order valence-corrected chi connectivity index (χ1v) is 13.5. The zero-order valence-corrected chi connectivity index (χ0v) is 22.1. The molecule has 0 amide bonds. The van der Waals surface area contributed by atoms with Crippen LogP contribution in [0.25, 0.3) is 5.57 Å². The maximum absolute atomic E-state index is 13.2. The molecule has 1 aromatic carbocycles. The highest BCUT2D eigenvalue weighted by Gasteiger charge is 2.23. The molecule has 0 saturated carbocycles. The Morgan fingerprint density at radius 3 is 2.56 bits per heavy atom. The fourth-order valence-electron chi connectivity index (χ4n) is 4.06. The van der Waals surface area contributed by atoms with Crippen LogP contribution in [0.2, 0.25) is 5.02 Å². The van der Waals surface area contributed by atoms with Gasteiger partial charge < -0.3 is 9.30 Å². The van der Waals surface area contributed by atoms with Crippen LogP contribution >= 0.6 is 22.9 Å². The minimum Gasteiger partial charge on any atom is -0.463 e. The highest BCUT2D eigenvalue weighted by molar-refractivity contribution is 7.09. The van der Waals surface area contributed by atoms with Crippen LogP contribution in [0.3, 0.4) is 0 Å². The predicted molar refractivity (Wildman–Crippen MR) is 142 cm³/mol. The number of thiophene rings is 1. The fraction of sp³-hybridized carbons (Fsp3) is 0.429. The minimum atomic E-state index is -0.234. The second-order valence-corrected chi connectivity index (χ2v) is 9.82. The van der Waals surface area contributed by atoms with Crippen LogP contribution in [-0.4, -0.2) is 22.1 Å². The van der Waals surface area contributed by atoms with Crippen LogP contribution in [0.15, 0.2) is 53.5 Å². The molecule has 0 saturated heterocycles. The number of carbonyl (C=O) groups is 1. The number of benzene rings is 1. The number of aromatic nitrogens is 2.